The van der Waals surface area contributed by atoms with E-state index in [1.165, 1.54) is 0 Å². The summed E-state index contributed by atoms with van der Waals surface area (Å²) in [6, 6.07) is 12.0. The van der Waals surface area contributed by atoms with Crippen molar-refractivity contribution in [1.82, 2.24) is 4.98 Å². The maximum Gasteiger partial charge on any atom is 0.141 e. The first kappa shape index (κ1) is 10.8. The van der Waals surface area contributed by atoms with Crippen LogP contribution in [0.5, 0.6) is 0 Å². The average Bonchev–Trinajstić information content (AvgIpc) is 2.87. The van der Waals surface area contributed by atoms with Crippen LogP contribution in [0.25, 0.3) is 22.1 Å². The molecule has 1 aromatic carbocycles. The average molecular weight is 238 g/mol. The molecule has 0 aliphatic carbocycles. The summed E-state index contributed by atoms with van der Waals surface area (Å²) in [6.45, 7) is 2.06. The van der Waals surface area contributed by atoms with Crippen molar-refractivity contribution in [3.63, 3.8) is 0 Å². The maximum absolute atomic E-state index is 6.04. The number of fused-ring (bicyclic) bond motifs is 1. The standard InChI is InChI=1S/C15H14N2O/c1-2-11-6-7-13(15(16)17-11)12-5-3-4-10-8-9-18-14(10)12/h3-9H,2H2,1H3,(H2,16,17). The minimum absolute atomic E-state index is 0.554. The van der Waals surface area contributed by atoms with E-state index in [0.29, 0.717) is 5.82 Å². The zero-order chi connectivity index (χ0) is 12.5. The number of para-hydroxylation sites is 1. The van der Waals surface area contributed by atoms with Crippen molar-refractivity contribution in [3.8, 4) is 11.1 Å². The molecule has 2 aromatic heterocycles. The molecule has 2 heterocycles. The molecule has 0 aliphatic heterocycles. The van der Waals surface area contributed by atoms with Crippen LogP contribution in [0, 0.1) is 0 Å². The van der Waals surface area contributed by atoms with Gasteiger partial charge in [0.15, 0.2) is 0 Å². The monoisotopic (exact) mass is 238 g/mol. The topological polar surface area (TPSA) is 52.0 Å². The van der Waals surface area contributed by atoms with E-state index in [0.717, 1.165) is 34.2 Å². The number of nitrogen functional groups attached to an aromatic ring is 1. The molecule has 2 N–H and O–H groups in total. The van der Waals surface area contributed by atoms with Gasteiger partial charge >= 0.3 is 0 Å². The molecule has 3 rings (SSSR count). The van der Waals surface area contributed by atoms with Gasteiger partial charge in [-0.3, -0.25) is 0 Å². The van der Waals surface area contributed by atoms with Gasteiger partial charge in [-0.25, -0.2) is 4.98 Å². The van der Waals surface area contributed by atoms with Crippen LogP contribution in [0.4, 0.5) is 5.82 Å². The number of anilines is 1. The quantitative estimate of drug-likeness (QED) is 0.741. The molecule has 0 atom stereocenters. The SMILES string of the molecule is CCc1ccc(-c2cccc3ccoc23)c(N)n1. The second-order valence-electron chi connectivity index (χ2n) is 4.23. The van der Waals surface area contributed by atoms with E-state index in [4.69, 9.17) is 10.2 Å². The highest BCUT2D eigenvalue weighted by Crippen LogP contribution is 2.32. The predicted molar refractivity (Wildman–Crippen MR) is 73.2 cm³/mol. The van der Waals surface area contributed by atoms with Crippen LogP contribution in [0.15, 0.2) is 47.1 Å². The highest BCUT2D eigenvalue weighted by molar-refractivity contribution is 5.94. The van der Waals surface area contributed by atoms with Gasteiger partial charge in [0.2, 0.25) is 0 Å². The van der Waals surface area contributed by atoms with Crippen LogP contribution in [0.1, 0.15) is 12.6 Å². The molecular weight excluding hydrogens is 224 g/mol. The summed E-state index contributed by atoms with van der Waals surface area (Å²) in [6.07, 6.45) is 2.58. The molecule has 0 bridgehead atoms. The molecule has 3 nitrogen and oxygen atoms in total. The lowest BCUT2D eigenvalue weighted by Gasteiger charge is -2.07. The van der Waals surface area contributed by atoms with E-state index in [1.54, 1.807) is 6.26 Å². The van der Waals surface area contributed by atoms with Crippen LogP contribution in [0.2, 0.25) is 0 Å². The summed E-state index contributed by atoms with van der Waals surface area (Å²) >= 11 is 0. The molecule has 3 heteroatoms. The van der Waals surface area contributed by atoms with Crippen LogP contribution in [-0.2, 0) is 6.42 Å². The highest BCUT2D eigenvalue weighted by Gasteiger charge is 2.10. The number of rotatable bonds is 2. The van der Waals surface area contributed by atoms with Crippen LogP contribution >= 0.6 is 0 Å². The summed E-state index contributed by atoms with van der Waals surface area (Å²) in [5, 5.41) is 1.08. The lowest BCUT2D eigenvalue weighted by molar-refractivity contribution is 0.617. The van der Waals surface area contributed by atoms with Gasteiger partial charge in [0, 0.05) is 22.2 Å². The lowest BCUT2D eigenvalue weighted by Crippen LogP contribution is -1.97. The molecule has 0 fully saturated rings. The molecule has 0 aliphatic rings. The number of aromatic nitrogens is 1. The molecule has 3 aromatic rings. The molecule has 0 radical (unpaired) electrons. The van der Waals surface area contributed by atoms with Crippen LogP contribution in [0.3, 0.4) is 0 Å². The second-order valence-corrected chi connectivity index (χ2v) is 4.23. The number of hydrogen-bond donors (Lipinski definition) is 1. The van der Waals surface area contributed by atoms with E-state index < -0.39 is 0 Å². The van der Waals surface area contributed by atoms with Crippen molar-refractivity contribution in [3.05, 3.63) is 48.4 Å². The third-order valence-electron chi connectivity index (χ3n) is 3.11. The van der Waals surface area contributed by atoms with Crippen molar-refractivity contribution in [2.24, 2.45) is 0 Å². The number of pyridine rings is 1. The Morgan fingerprint density at radius 3 is 2.78 bits per heavy atom. The first-order valence-electron chi connectivity index (χ1n) is 6.01. The summed E-state index contributed by atoms with van der Waals surface area (Å²) in [7, 11) is 0. The Balaban J connectivity index is 2.23. The summed E-state index contributed by atoms with van der Waals surface area (Å²) in [5.41, 5.74) is 9.81. The molecule has 0 unspecified atom stereocenters. The fourth-order valence-electron chi connectivity index (χ4n) is 2.15. The first-order valence-corrected chi connectivity index (χ1v) is 6.01. The Morgan fingerprint density at radius 1 is 1.11 bits per heavy atom. The van der Waals surface area contributed by atoms with E-state index >= 15 is 0 Å². The van der Waals surface area contributed by atoms with E-state index in [1.807, 2.05) is 36.4 Å². The van der Waals surface area contributed by atoms with Gasteiger partial charge in [0.1, 0.15) is 11.4 Å². The van der Waals surface area contributed by atoms with Gasteiger partial charge in [0.25, 0.3) is 0 Å². The second kappa shape index (κ2) is 4.18. The summed E-state index contributed by atoms with van der Waals surface area (Å²) in [4.78, 5) is 4.40. The van der Waals surface area contributed by atoms with Gasteiger partial charge in [0.05, 0.1) is 6.26 Å². The van der Waals surface area contributed by atoms with Crippen molar-refractivity contribution >= 4 is 16.8 Å². The summed E-state index contributed by atoms with van der Waals surface area (Å²) in [5.74, 6) is 0.554. The predicted octanol–water partition coefficient (Wildman–Crippen LogP) is 3.64. The largest absolute Gasteiger partial charge is 0.464 e. The number of nitrogens with zero attached hydrogens (tertiary/aromatic N) is 1. The van der Waals surface area contributed by atoms with E-state index in [9.17, 15) is 0 Å². The van der Waals surface area contributed by atoms with Gasteiger partial charge in [-0.05, 0) is 24.6 Å². The number of benzene rings is 1. The number of aryl methyl sites for hydroxylation is 1. The smallest absolute Gasteiger partial charge is 0.141 e. The third kappa shape index (κ3) is 1.64. The van der Waals surface area contributed by atoms with Crippen LogP contribution in [-0.4, -0.2) is 4.98 Å². The Bertz CT molecular complexity index is 701. The zero-order valence-corrected chi connectivity index (χ0v) is 10.2. The van der Waals surface area contributed by atoms with Crippen LogP contribution < -0.4 is 5.73 Å². The molecule has 0 amide bonds. The number of nitrogens with two attached hydrogens (primary N) is 1. The number of hydrogen-bond acceptors (Lipinski definition) is 3. The van der Waals surface area contributed by atoms with Crippen molar-refractivity contribution in [1.29, 1.82) is 0 Å². The van der Waals surface area contributed by atoms with Gasteiger partial charge in [-0.15, -0.1) is 0 Å². The molecule has 18 heavy (non-hydrogen) atoms. The van der Waals surface area contributed by atoms with Crippen molar-refractivity contribution in [2.75, 3.05) is 5.73 Å². The van der Waals surface area contributed by atoms with Crippen molar-refractivity contribution in [2.45, 2.75) is 13.3 Å². The molecule has 0 spiro atoms. The fourth-order valence-corrected chi connectivity index (χ4v) is 2.15. The third-order valence-corrected chi connectivity index (χ3v) is 3.11. The Hall–Kier alpha value is -2.29. The Labute approximate surface area is 105 Å². The molecular formula is C15H14N2O. The van der Waals surface area contributed by atoms with E-state index in [2.05, 4.69) is 11.9 Å². The molecule has 0 saturated carbocycles. The lowest BCUT2D eigenvalue weighted by atomic mass is 10.0. The van der Waals surface area contributed by atoms with Gasteiger partial charge < -0.3 is 10.2 Å². The Kier molecular flexibility index (Phi) is 2.52. The Morgan fingerprint density at radius 2 is 2.00 bits per heavy atom. The minimum Gasteiger partial charge on any atom is -0.464 e. The fraction of sp³-hybridized carbons (Fsp3) is 0.133. The molecule has 0 saturated heterocycles. The normalized spacial score (nSPS) is 10.9. The zero-order valence-electron chi connectivity index (χ0n) is 10.2. The minimum atomic E-state index is 0.554. The van der Waals surface area contributed by atoms with Crippen molar-refractivity contribution < 1.29 is 4.42 Å². The highest BCUT2D eigenvalue weighted by atomic mass is 16.3. The maximum atomic E-state index is 6.04. The first-order chi connectivity index (χ1) is 8.79. The van der Waals surface area contributed by atoms with Gasteiger partial charge in [-0.1, -0.05) is 25.1 Å². The number of furan rings is 1. The summed E-state index contributed by atoms with van der Waals surface area (Å²) < 4.78 is 5.53. The molecule has 90 valence electrons. The van der Waals surface area contributed by atoms with E-state index in [-0.39, 0.29) is 0 Å². The van der Waals surface area contributed by atoms with Gasteiger partial charge in [-0.2, -0.15) is 0 Å².